The van der Waals surface area contributed by atoms with E-state index in [0.717, 1.165) is 22.0 Å². The number of carboxylic acids is 1. The molecule has 0 aliphatic rings. The van der Waals surface area contributed by atoms with E-state index in [0.29, 0.717) is 22.1 Å². The lowest BCUT2D eigenvalue weighted by atomic mass is 10.1. The van der Waals surface area contributed by atoms with Crippen LogP contribution in [0, 0.1) is 6.92 Å². The molecule has 2 aromatic carbocycles. The number of aromatic carboxylic acids is 1. The molecule has 0 fully saturated rings. The van der Waals surface area contributed by atoms with E-state index in [4.69, 9.17) is 0 Å². The van der Waals surface area contributed by atoms with Crippen molar-refractivity contribution in [1.29, 1.82) is 0 Å². The van der Waals surface area contributed by atoms with Gasteiger partial charge in [0.15, 0.2) is 0 Å². The van der Waals surface area contributed by atoms with Crippen molar-refractivity contribution in [3.8, 4) is 5.69 Å². The molecular formula is C18H11F3N2O2S. The molecule has 4 nitrogen and oxygen atoms in total. The van der Waals surface area contributed by atoms with Crippen LogP contribution in [0.2, 0.25) is 0 Å². The van der Waals surface area contributed by atoms with E-state index in [1.165, 1.54) is 29.5 Å². The van der Waals surface area contributed by atoms with Crippen LogP contribution in [0.1, 0.15) is 20.9 Å². The Morgan fingerprint density at radius 1 is 1.15 bits per heavy atom. The molecule has 0 unspecified atom stereocenters. The molecule has 2 heterocycles. The Hall–Kier alpha value is -2.87. The summed E-state index contributed by atoms with van der Waals surface area (Å²) in [6, 6.07) is 9.55. The van der Waals surface area contributed by atoms with Crippen LogP contribution in [-0.4, -0.2) is 20.6 Å². The predicted molar refractivity (Wildman–Crippen MR) is 93.2 cm³/mol. The first-order valence-corrected chi connectivity index (χ1v) is 8.40. The highest BCUT2D eigenvalue weighted by Crippen LogP contribution is 2.36. The van der Waals surface area contributed by atoms with E-state index in [9.17, 15) is 23.1 Å². The van der Waals surface area contributed by atoms with Gasteiger partial charge in [0.05, 0.1) is 21.7 Å². The van der Waals surface area contributed by atoms with Gasteiger partial charge in [-0.1, -0.05) is 0 Å². The fraction of sp³-hybridized carbons (Fsp3) is 0.111. The van der Waals surface area contributed by atoms with Gasteiger partial charge < -0.3 is 5.11 Å². The number of thiazole rings is 1. The Balaban J connectivity index is 2.00. The maximum Gasteiger partial charge on any atom is 0.416 e. The second-order valence-electron chi connectivity index (χ2n) is 5.80. The summed E-state index contributed by atoms with van der Waals surface area (Å²) in [6.45, 7) is 1.83. The highest BCUT2D eigenvalue weighted by molar-refractivity contribution is 7.18. The Morgan fingerprint density at radius 2 is 1.85 bits per heavy atom. The van der Waals surface area contributed by atoms with E-state index in [1.807, 2.05) is 6.92 Å². The van der Waals surface area contributed by atoms with Crippen LogP contribution in [0.3, 0.4) is 0 Å². The van der Waals surface area contributed by atoms with Crippen molar-refractivity contribution in [3.05, 3.63) is 58.6 Å². The zero-order valence-corrected chi connectivity index (χ0v) is 14.1. The Labute approximate surface area is 149 Å². The van der Waals surface area contributed by atoms with Gasteiger partial charge in [-0.25, -0.2) is 9.78 Å². The van der Waals surface area contributed by atoms with Crippen LogP contribution >= 0.6 is 11.3 Å². The first kappa shape index (κ1) is 16.6. The molecule has 0 saturated carbocycles. The largest absolute Gasteiger partial charge is 0.478 e. The predicted octanol–water partition coefficient (Wildman–Crippen LogP) is 5.27. The third-order valence-electron chi connectivity index (χ3n) is 4.11. The second-order valence-corrected chi connectivity index (χ2v) is 6.99. The fourth-order valence-corrected chi connectivity index (χ4v) is 3.93. The fourth-order valence-electron chi connectivity index (χ4n) is 2.96. The summed E-state index contributed by atoms with van der Waals surface area (Å²) in [4.78, 5) is 16.5. The zero-order valence-electron chi connectivity index (χ0n) is 13.3. The van der Waals surface area contributed by atoms with Crippen molar-refractivity contribution in [3.63, 3.8) is 0 Å². The molecule has 0 aliphatic carbocycles. The minimum Gasteiger partial charge on any atom is -0.478 e. The van der Waals surface area contributed by atoms with Gasteiger partial charge in [0.1, 0.15) is 10.3 Å². The minimum atomic E-state index is -4.40. The molecule has 0 radical (unpaired) electrons. The molecule has 1 N–H and O–H groups in total. The standard InChI is InChI=1S/C18H11F3N2O2S/c1-9-22-15-13-8-10(17(24)25)2-7-14(13)23(16(15)26-9)12-5-3-11(4-6-12)18(19,20)21/h2-8H,1H3,(H,24,25). The van der Waals surface area contributed by atoms with Crippen molar-refractivity contribution in [2.45, 2.75) is 13.1 Å². The van der Waals surface area contributed by atoms with Gasteiger partial charge in [-0.15, -0.1) is 11.3 Å². The van der Waals surface area contributed by atoms with E-state index in [1.54, 1.807) is 16.7 Å². The maximum atomic E-state index is 12.8. The van der Waals surface area contributed by atoms with E-state index in [2.05, 4.69) is 4.98 Å². The number of carboxylic acid groups (broad SMARTS) is 1. The molecule has 4 aromatic rings. The number of carbonyl (C=O) groups is 1. The van der Waals surface area contributed by atoms with Crippen LogP contribution in [0.15, 0.2) is 42.5 Å². The van der Waals surface area contributed by atoms with Crippen molar-refractivity contribution in [1.82, 2.24) is 9.55 Å². The molecule has 0 spiro atoms. The number of halogens is 3. The molecule has 0 saturated heterocycles. The number of aryl methyl sites for hydroxylation is 1. The lowest BCUT2D eigenvalue weighted by Gasteiger charge is -2.10. The summed E-state index contributed by atoms with van der Waals surface area (Å²) >= 11 is 1.41. The third kappa shape index (κ3) is 2.53. The second kappa shape index (κ2) is 5.57. The van der Waals surface area contributed by atoms with Gasteiger partial charge in [0.25, 0.3) is 0 Å². The van der Waals surface area contributed by atoms with Crippen LogP contribution in [-0.2, 0) is 6.18 Å². The van der Waals surface area contributed by atoms with E-state index >= 15 is 0 Å². The average molecular weight is 376 g/mol. The zero-order chi connectivity index (χ0) is 18.6. The number of nitrogens with zero attached hydrogens (tertiary/aromatic N) is 2. The maximum absolute atomic E-state index is 12.8. The highest BCUT2D eigenvalue weighted by Gasteiger charge is 2.30. The molecule has 2 aromatic heterocycles. The van der Waals surface area contributed by atoms with E-state index < -0.39 is 17.7 Å². The number of aromatic nitrogens is 2. The Morgan fingerprint density at radius 3 is 2.46 bits per heavy atom. The topological polar surface area (TPSA) is 55.1 Å². The lowest BCUT2D eigenvalue weighted by molar-refractivity contribution is -0.137. The molecule has 0 amide bonds. The number of hydrogen-bond donors (Lipinski definition) is 1. The van der Waals surface area contributed by atoms with Gasteiger partial charge in [0, 0.05) is 11.1 Å². The SMILES string of the molecule is Cc1nc2c3cc(C(=O)O)ccc3n(-c3ccc(C(F)(F)F)cc3)c2s1. The first-order chi connectivity index (χ1) is 12.3. The van der Waals surface area contributed by atoms with Crippen molar-refractivity contribution < 1.29 is 23.1 Å². The third-order valence-corrected chi connectivity index (χ3v) is 5.07. The van der Waals surface area contributed by atoms with Crippen LogP contribution in [0.5, 0.6) is 0 Å². The quantitative estimate of drug-likeness (QED) is 0.519. The molecule has 26 heavy (non-hydrogen) atoms. The van der Waals surface area contributed by atoms with Crippen LogP contribution in [0.4, 0.5) is 13.2 Å². The highest BCUT2D eigenvalue weighted by atomic mass is 32.1. The molecule has 0 bridgehead atoms. The summed E-state index contributed by atoms with van der Waals surface area (Å²) in [6.07, 6.45) is -4.40. The molecule has 132 valence electrons. The summed E-state index contributed by atoms with van der Waals surface area (Å²) in [5.41, 5.74) is 1.32. The average Bonchev–Trinajstić information content (AvgIpc) is 3.08. The van der Waals surface area contributed by atoms with Gasteiger partial charge >= 0.3 is 12.1 Å². The van der Waals surface area contributed by atoms with Gasteiger partial charge in [-0.3, -0.25) is 4.57 Å². The van der Waals surface area contributed by atoms with Crippen LogP contribution in [0.25, 0.3) is 26.9 Å². The number of alkyl halides is 3. The molecule has 4 rings (SSSR count). The van der Waals surface area contributed by atoms with Gasteiger partial charge in [-0.2, -0.15) is 13.2 Å². The summed E-state index contributed by atoms with van der Waals surface area (Å²) in [5.74, 6) is -1.05. The smallest absolute Gasteiger partial charge is 0.416 e. The summed E-state index contributed by atoms with van der Waals surface area (Å²) in [7, 11) is 0. The summed E-state index contributed by atoms with van der Waals surface area (Å²) in [5, 5.41) is 10.7. The molecule has 0 aliphatic heterocycles. The first-order valence-electron chi connectivity index (χ1n) is 7.58. The Bertz CT molecular complexity index is 1160. The molecule has 8 heteroatoms. The number of fused-ring (bicyclic) bond motifs is 3. The van der Waals surface area contributed by atoms with Gasteiger partial charge in [0.2, 0.25) is 0 Å². The van der Waals surface area contributed by atoms with Crippen LogP contribution < -0.4 is 0 Å². The lowest BCUT2D eigenvalue weighted by Crippen LogP contribution is -2.05. The van der Waals surface area contributed by atoms with Crippen molar-refractivity contribution in [2.24, 2.45) is 0 Å². The number of benzene rings is 2. The number of rotatable bonds is 2. The normalized spacial score (nSPS) is 12.2. The molecule has 0 atom stereocenters. The number of hydrogen-bond acceptors (Lipinski definition) is 3. The minimum absolute atomic E-state index is 0.134. The monoisotopic (exact) mass is 376 g/mol. The van der Waals surface area contributed by atoms with E-state index in [-0.39, 0.29) is 5.56 Å². The van der Waals surface area contributed by atoms with Crippen molar-refractivity contribution in [2.75, 3.05) is 0 Å². The Kier molecular flexibility index (Phi) is 3.55. The van der Waals surface area contributed by atoms with Gasteiger partial charge in [-0.05, 0) is 49.4 Å². The van der Waals surface area contributed by atoms with Crippen molar-refractivity contribution >= 4 is 38.6 Å². The molecular weight excluding hydrogens is 365 g/mol. The summed E-state index contributed by atoms with van der Waals surface area (Å²) < 4.78 is 40.3.